The van der Waals surface area contributed by atoms with E-state index in [0.29, 0.717) is 12.2 Å². The van der Waals surface area contributed by atoms with Crippen molar-refractivity contribution in [2.75, 3.05) is 59.5 Å². The van der Waals surface area contributed by atoms with Crippen LogP contribution < -0.4 is 5.32 Å². The molecule has 6 atom stereocenters. The summed E-state index contributed by atoms with van der Waals surface area (Å²) in [5.74, 6) is -2.90. The van der Waals surface area contributed by atoms with E-state index in [1.165, 1.54) is 27.7 Å². The summed E-state index contributed by atoms with van der Waals surface area (Å²) in [5.41, 5.74) is 1.66. The number of esters is 3. The second-order valence-electron chi connectivity index (χ2n) is 11.0. The minimum absolute atomic E-state index is 0.0282. The first kappa shape index (κ1) is 38.7. The second-order valence-corrected chi connectivity index (χ2v) is 11.0. The summed E-state index contributed by atoms with van der Waals surface area (Å²) in [5, 5.41) is 2.80. The Balaban J connectivity index is 1.41. The molecule has 1 amide bonds. The Morgan fingerprint density at radius 1 is 0.729 bits per heavy atom. The molecular formula is C33H45NO14. The normalized spacial score (nSPS) is 23.0. The smallest absolute Gasteiger partial charge is 0.303 e. The standard InChI is InChI=1S/C33H45NO14/c1-21(35)34-31-27-16-29(48-28(20-45-22(2)36)32(46-23(3)37)33(30(27)31)47-24(4)38)44-15-14-41-11-10-40-12-13-42-18-26(39)19-43-17-25-8-6-5-7-9-25/h5-9,16,28-33H,10-15,17-20H2,1-4H3,(H,34,35)/t28-,29-,30?,31+,32+,33-/m1/s1. The molecule has 1 saturated carbocycles. The van der Waals surface area contributed by atoms with Crippen LogP contribution in [0.2, 0.25) is 0 Å². The minimum Gasteiger partial charge on any atom is -0.463 e. The molecule has 15 heteroatoms. The molecule has 0 saturated heterocycles. The fourth-order valence-corrected chi connectivity index (χ4v) is 4.99. The molecule has 1 fully saturated rings. The summed E-state index contributed by atoms with van der Waals surface area (Å²) in [6, 6.07) is 9.05. The van der Waals surface area contributed by atoms with Gasteiger partial charge in [0.1, 0.15) is 25.9 Å². The Morgan fingerprint density at radius 2 is 1.33 bits per heavy atom. The molecule has 2 aliphatic rings. The van der Waals surface area contributed by atoms with Gasteiger partial charge in [0.15, 0.2) is 24.3 Å². The lowest BCUT2D eigenvalue weighted by Gasteiger charge is -2.34. The number of carbonyl (C=O) groups is 5. The van der Waals surface area contributed by atoms with Gasteiger partial charge in [-0.15, -0.1) is 0 Å². The number of ketones is 1. The zero-order valence-corrected chi connectivity index (χ0v) is 27.7. The van der Waals surface area contributed by atoms with Crippen LogP contribution in [0.5, 0.6) is 0 Å². The van der Waals surface area contributed by atoms with Crippen molar-refractivity contribution in [1.82, 2.24) is 5.32 Å². The third-order valence-corrected chi connectivity index (χ3v) is 6.98. The Morgan fingerprint density at radius 3 is 1.96 bits per heavy atom. The third-order valence-electron chi connectivity index (χ3n) is 6.98. The quantitative estimate of drug-likeness (QED) is 0.0843. The number of rotatable bonds is 21. The van der Waals surface area contributed by atoms with Crippen molar-refractivity contribution in [2.45, 2.75) is 64.9 Å². The highest BCUT2D eigenvalue weighted by Gasteiger charge is 2.58. The SMILES string of the molecule is CC(=O)N[C@H]1C2=C[C@H](OCCOCCOCCOCC(=O)COCc3ccccc3)O[C@H](COC(C)=O)[C@H](OC(C)=O)[C@H](OC(C)=O)C21. The highest BCUT2D eigenvalue weighted by molar-refractivity contribution is 5.80. The average Bonchev–Trinajstić information content (AvgIpc) is 3.68. The van der Waals surface area contributed by atoms with Gasteiger partial charge < -0.3 is 47.9 Å². The van der Waals surface area contributed by atoms with Crippen LogP contribution in [0.1, 0.15) is 33.3 Å². The molecule has 15 nitrogen and oxygen atoms in total. The lowest BCUT2D eigenvalue weighted by atomic mass is 10.0. The van der Waals surface area contributed by atoms with Crippen LogP contribution in [0.3, 0.4) is 0 Å². The highest BCUT2D eigenvalue weighted by atomic mass is 16.7. The van der Waals surface area contributed by atoms with Gasteiger partial charge in [0.25, 0.3) is 0 Å². The van der Waals surface area contributed by atoms with Crippen molar-refractivity contribution in [3.63, 3.8) is 0 Å². The molecule has 0 radical (unpaired) electrons. The first-order valence-electron chi connectivity index (χ1n) is 15.6. The number of nitrogens with one attached hydrogen (secondary N) is 1. The van der Waals surface area contributed by atoms with Gasteiger partial charge in [-0.3, -0.25) is 24.0 Å². The van der Waals surface area contributed by atoms with Crippen LogP contribution in [0, 0.1) is 5.92 Å². The fraction of sp³-hybridized carbons (Fsp3) is 0.606. The molecular weight excluding hydrogens is 634 g/mol. The fourth-order valence-electron chi connectivity index (χ4n) is 4.99. The molecule has 1 heterocycles. The number of Topliss-reactive ketones (excluding diaryl/α,β-unsaturated/α-hetero) is 1. The maximum atomic E-state index is 12.1. The molecule has 3 rings (SSSR count). The van der Waals surface area contributed by atoms with Crippen LogP contribution in [0.15, 0.2) is 42.0 Å². The van der Waals surface area contributed by atoms with Crippen LogP contribution in [-0.4, -0.2) is 120 Å². The van der Waals surface area contributed by atoms with Crippen molar-refractivity contribution < 1.29 is 66.6 Å². The Kier molecular flexibility index (Phi) is 16.6. The van der Waals surface area contributed by atoms with Crippen LogP contribution in [0.4, 0.5) is 0 Å². The van der Waals surface area contributed by atoms with E-state index >= 15 is 0 Å². The topological polar surface area (TPSA) is 180 Å². The van der Waals surface area contributed by atoms with E-state index in [4.69, 9.17) is 42.6 Å². The maximum absolute atomic E-state index is 12.1. The Hall–Kier alpha value is -3.73. The maximum Gasteiger partial charge on any atom is 0.303 e. The number of fused-ring (bicyclic) bond motifs is 1. The summed E-state index contributed by atoms with van der Waals surface area (Å²) in [6.45, 7) is 6.25. The number of ether oxygens (including phenoxy) is 9. The first-order chi connectivity index (χ1) is 23.0. The second kappa shape index (κ2) is 20.6. The molecule has 266 valence electrons. The highest BCUT2D eigenvalue weighted by Crippen LogP contribution is 2.46. The first-order valence-corrected chi connectivity index (χ1v) is 15.6. The van der Waals surface area contributed by atoms with Gasteiger partial charge in [-0.1, -0.05) is 30.3 Å². The van der Waals surface area contributed by atoms with Gasteiger partial charge in [0.2, 0.25) is 5.91 Å². The summed E-state index contributed by atoms with van der Waals surface area (Å²) in [6.07, 6.45) is -2.62. The van der Waals surface area contributed by atoms with Crippen molar-refractivity contribution in [3.05, 3.63) is 47.5 Å². The van der Waals surface area contributed by atoms with E-state index in [2.05, 4.69) is 5.32 Å². The average molecular weight is 680 g/mol. The lowest BCUT2D eigenvalue weighted by molar-refractivity contribution is -0.218. The van der Waals surface area contributed by atoms with E-state index in [-0.39, 0.29) is 71.2 Å². The van der Waals surface area contributed by atoms with Crippen molar-refractivity contribution >= 4 is 29.6 Å². The van der Waals surface area contributed by atoms with Gasteiger partial charge in [0, 0.05) is 33.6 Å². The van der Waals surface area contributed by atoms with E-state index in [9.17, 15) is 24.0 Å². The van der Waals surface area contributed by atoms with Gasteiger partial charge in [-0.2, -0.15) is 0 Å². The van der Waals surface area contributed by atoms with E-state index in [0.717, 1.165) is 5.56 Å². The molecule has 1 aromatic carbocycles. The zero-order chi connectivity index (χ0) is 34.9. The van der Waals surface area contributed by atoms with Gasteiger partial charge in [-0.05, 0) is 17.2 Å². The summed E-state index contributed by atoms with van der Waals surface area (Å²) >= 11 is 0. The molecule has 0 spiro atoms. The molecule has 1 aliphatic heterocycles. The summed E-state index contributed by atoms with van der Waals surface area (Å²) in [7, 11) is 0. The largest absolute Gasteiger partial charge is 0.463 e. The van der Waals surface area contributed by atoms with E-state index < -0.39 is 54.5 Å². The van der Waals surface area contributed by atoms with Gasteiger partial charge >= 0.3 is 17.9 Å². The monoisotopic (exact) mass is 679 g/mol. The molecule has 1 N–H and O–H groups in total. The van der Waals surface area contributed by atoms with E-state index in [1.807, 2.05) is 30.3 Å². The Labute approximate surface area is 279 Å². The van der Waals surface area contributed by atoms with E-state index in [1.54, 1.807) is 6.08 Å². The van der Waals surface area contributed by atoms with Crippen LogP contribution >= 0.6 is 0 Å². The predicted molar refractivity (Wildman–Crippen MR) is 165 cm³/mol. The third kappa shape index (κ3) is 14.2. The molecule has 1 aromatic rings. The molecule has 48 heavy (non-hydrogen) atoms. The van der Waals surface area contributed by atoms with Crippen molar-refractivity contribution in [1.29, 1.82) is 0 Å². The van der Waals surface area contributed by atoms with Crippen LogP contribution in [0.25, 0.3) is 0 Å². The van der Waals surface area contributed by atoms with Crippen molar-refractivity contribution in [3.8, 4) is 0 Å². The van der Waals surface area contributed by atoms with Crippen LogP contribution in [-0.2, 0) is 73.2 Å². The number of hydrogen-bond donors (Lipinski definition) is 1. The lowest BCUT2D eigenvalue weighted by Crippen LogP contribution is -2.50. The number of hydrogen-bond acceptors (Lipinski definition) is 14. The summed E-state index contributed by atoms with van der Waals surface area (Å²) in [4.78, 5) is 59.5. The minimum atomic E-state index is -1.17. The predicted octanol–water partition coefficient (Wildman–Crippen LogP) is 1.05. The zero-order valence-electron chi connectivity index (χ0n) is 27.7. The van der Waals surface area contributed by atoms with Gasteiger partial charge in [-0.25, -0.2) is 0 Å². The summed E-state index contributed by atoms with van der Waals surface area (Å²) < 4.78 is 50.0. The van der Waals surface area contributed by atoms with Gasteiger partial charge in [0.05, 0.1) is 52.3 Å². The number of carbonyl (C=O) groups excluding carboxylic acids is 5. The molecule has 1 unspecified atom stereocenters. The Bertz CT molecular complexity index is 1240. The number of benzene rings is 1. The molecule has 1 aliphatic carbocycles. The number of amides is 1. The molecule has 0 bridgehead atoms. The van der Waals surface area contributed by atoms with Crippen molar-refractivity contribution in [2.24, 2.45) is 5.92 Å². The molecule has 0 aromatic heterocycles.